The van der Waals surface area contributed by atoms with Gasteiger partial charge in [0.1, 0.15) is 5.82 Å². The Morgan fingerprint density at radius 1 is 1.12 bits per heavy atom. The average Bonchev–Trinajstić information content (AvgIpc) is 3.05. The van der Waals surface area contributed by atoms with Crippen LogP contribution < -0.4 is 20.1 Å². The molecule has 0 unspecified atom stereocenters. The Bertz CT molecular complexity index is 678. The highest BCUT2D eigenvalue weighted by molar-refractivity contribution is 5.46. The molecular weight excluding hydrogens is 306 g/mol. The van der Waals surface area contributed by atoms with Crippen molar-refractivity contribution in [1.82, 2.24) is 14.9 Å². The number of nitrogens with one attached hydrogen (secondary N) is 2. The number of fused-ring (bicyclic) bond motifs is 1. The van der Waals surface area contributed by atoms with Crippen LogP contribution in [-0.4, -0.2) is 48.8 Å². The lowest BCUT2D eigenvalue weighted by Gasteiger charge is -2.11. The van der Waals surface area contributed by atoms with Gasteiger partial charge in [-0.05, 0) is 50.8 Å². The molecule has 0 saturated carbocycles. The van der Waals surface area contributed by atoms with E-state index in [4.69, 9.17) is 9.47 Å². The van der Waals surface area contributed by atoms with Gasteiger partial charge in [-0.25, -0.2) is 4.98 Å². The second-order valence-electron chi connectivity index (χ2n) is 5.89. The first-order chi connectivity index (χ1) is 11.7. The van der Waals surface area contributed by atoms with Gasteiger partial charge < -0.3 is 25.0 Å². The van der Waals surface area contributed by atoms with Crippen LogP contribution in [0.15, 0.2) is 30.5 Å². The monoisotopic (exact) mass is 329 g/mol. The minimum atomic E-state index is 0.289. The molecule has 1 aliphatic rings. The zero-order valence-corrected chi connectivity index (χ0v) is 14.1. The molecule has 128 valence electrons. The number of nitrogens with zero attached hydrogens (tertiary/aromatic N) is 3. The van der Waals surface area contributed by atoms with Gasteiger partial charge >= 0.3 is 0 Å². The van der Waals surface area contributed by atoms with Crippen molar-refractivity contribution in [3.63, 3.8) is 0 Å². The Labute approximate surface area is 142 Å². The van der Waals surface area contributed by atoms with E-state index in [0.29, 0.717) is 12.5 Å². The van der Waals surface area contributed by atoms with Crippen molar-refractivity contribution < 1.29 is 9.47 Å². The quantitative estimate of drug-likeness (QED) is 0.719. The van der Waals surface area contributed by atoms with Crippen LogP contribution in [0.3, 0.4) is 0 Å². The molecular formula is C17H23N5O2. The molecule has 0 fully saturated rings. The highest BCUT2D eigenvalue weighted by atomic mass is 16.7. The summed E-state index contributed by atoms with van der Waals surface area (Å²) in [6.07, 6.45) is 2.82. The lowest BCUT2D eigenvalue weighted by Crippen LogP contribution is -2.16. The van der Waals surface area contributed by atoms with Gasteiger partial charge in [-0.1, -0.05) is 6.07 Å². The third kappa shape index (κ3) is 4.48. The maximum Gasteiger partial charge on any atom is 0.231 e. The number of hydrogen-bond acceptors (Lipinski definition) is 7. The van der Waals surface area contributed by atoms with Crippen LogP contribution in [-0.2, 0) is 6.54 Å². The summed E-state index contributed by atoms with van der Waals surface area (Å²) in [7, 11) is 4.14. The van der Waals surface area contributed by atoms with Gasteiger partial charge in [-0.3, -0.25) is 0 Å². The Balaban J connectivity index is 1.51. The lowest BCUT2D eigenvalue weighted by atomic mass is 10.2. The summed E-state index contributed by atoms with van der Waals surface area (Å²) in [4.78, 5) is 10.9. The van der Waals surface area contributed by atoms with Crippen molar-refractivity contribution in [2.24, 2.45) is 0 Å². The normalized spacial score (nSPS) is 12.5. The standard InChI is InChI=1S/C17H23N5O2/c1-22(2)9-3-7-18-16-6-8-19-17(21-16)20-11-13-4-5-14-15(10-13)24-12-23-14/h4-6,8,10H,3,7,9,11-12H2,1-2H3,(H2,18,19,20,21). The molecule has 7 heteroatoms. The number of aromatic nitrogens is 2. The van der Waals surface area contributed by atoms with E-state index in [-0.39, 0.29) is 6.79 Å². The van der Waals surface area contributed by atoms with E-state index in [1.807, 2.05) is 24.3 Å². The molecule has 0 bridgehead atoms. The third-order valence-corrected chi connectivity index (χ3v) is 3.63. The fourth-order valence-corrected chi connectivity index (χ4v) is 2.39. The molecule has 2 aromatic rings. The molecule has 7 nitrogen and oxygen atoms in total. The largest absolute Gasteiger partial charge is 0.454 e. The minimum absolute atomic E-state index is 0.289. The molecule has 2 heterocycles. The molecule has 3 rings (SSSR count). The summed E-state index contributed by atoms with van der Waals surface area (Å²) < 4.78 is 10.7. The fourth-order valence-electron chi connectivity index (χ4n) is 2.39. The van der Waals surface area contributed by atoms with Crippen molar-refractivity contribution >= 4 is 11.8 Å². The molecule has 0 radical (unpaired) electrons. The van der Waals surface area contributed by atoms with Gasteiger partial charge in [0.25, 0.3) is 0 Å². The first-order valence-electron chi connectivity index (χ1n) is 8.05. The van der Waals surface area contributed by atoms with E-state index in [2.05, 4.69) is 39.6 Å². The minimum Gasteiger partial charge on any atom is -0.454 e. The van der Waals surface area contributed by atoms with Crippen molar-refractivity contribution in [2.75, 3.05) is 44.6 Å². The number of ether oxygens (including phenoxy) is 2. The SMILES string of the molecule is CN(C)CCCNc1ccnc(NCc2ccc3c(c2)OCO3)n1. The molecule has 0 aliphatic carbocycles. The maximum atomic E-state index is 5.39. The van der Waals surface area contributed by atoms with Crippen molar-refractivity contribution in [2.45, 2.75) is 13.0 Å². The van der Waals surface area contributed by atoms with Crippen LogP contribution >= 0.6 is 0 Å². The highest BCUT2D eigenvalue weighted by Gasteiger charge is 2.13. The number of benzene rings is 1. The van der Waals surface area contributed by atoms with Crippen LogP contribution in [0.1, 0.15) is 12.0 Å². The van der Waals surface area contributed by atoms with E-state index in [1.54, 1.807) is 6.20 Å². The predicted octanol–water partition coefficient (Wildman–Crippen LogP) is 2.18. The van der Waals surface area contributed by atoms with Crippen LogP contribution in [0.5, 0.6) is 11.5 Å². The van der Waals surface area contributed by atoms with Crippen LogP contribution in [0.2, 0.25) is 0 Å². The summed E-state index contributed by atoms with van der Waals surface area (Å²) >= 11 is 0. The smallest absolute Gasteiger partial charge is 0.231 e. The van der Waals surface area contributed by atoms with Gasteiger partial charge in [0.15, 0.2) is 11.5 Å². The number of hydrogen-bond donors (Lipinski definition) is 2. The molecule has 0 atom stereocenters. The van der Waals surface area contributed by atoms with Crippen molar-refractivity contribution in [3.8, 4) is 11.5 Å². The Kier molecular flexibility index (Phi) is 5.32. The molecule has 1 aromatic heterocycles. The highest BCUT2D eigenvalue weighted by Crippen LogP contribution is 2.32. The molecule has 1 aromatic carbocycles. The van der Waals surface area contributed by atoms with Gasteiger partial charge in [-0.2, -0.15) is 4.98 Å². The Morgan fingerprint density at radius 3 is 2.88 bits per heavy atom. The maximum absolute atomic E-state index is 5.39. The van der Waals surface area contributed by atoms with Crippen molar-refractivity contribution in [3.05, 3.63) is 36.0 Å². The summed E-state index contributed by atoms with van der Waals surface area (Å²) in [5.74, 6) is 3.01. The zero-order valence-electron chi connectivity index (χ0n) is 14.1. The molecule has 0 saturated heterocycles. The van der Waals surface area contributed by atoms with Gasteiger partial charge in [0.2, 0.25) is 12.7 Å². The Hall–Kier alpha value is -2.54. The van der Waals surface area contributed by atoms with E-state index in [1.165, 1.54) is 0 Å². The molecule has 2 N–H and O–H groups in total. The summed E-state index contributed by atoms with van der Waals surface area (Å²) in [5.41, 5.74) is 1.09. The first-order valence-corrected chi connectivity index (χ1v) is 8.05. The van der Waals surface area contributed by atoms with Gasteiger partial charge in [0, 0.05) is 19.3 Å². The van der Waals surface area contributed by atoms with Gasteiger partial charge in [0.05, 0.1) is 0 Å². The van der Waals surface area contributed by atoms with Gasteiger partial charge in [-0.15, -0.1) is 0 Å². The molecule has 0 spiro atoms. The van der Waals surface area contributed by atoms with E-state index >= 15 is 0 Å². The predicted molar refractivity (Wildman–Crippen MR) is 93.6 cm³/mol. The van der Waals surface area contributed by atoms with E-state index in [0.717, 1.165) is 42.4 Å². The van der Waals surface area contributed by atoms with E-state index < -0.39 is 0 Å². The third-order valence-electron chi connectivity index (χ3n) is 3.63. The summed E-state index contributed by atoms with van der Waals surface area (Å²) in [5, 5.41) is 6.55. The van der Waals surface area contributed by atoms with Crippen LogP contribution in [0.25, 0.3) is 0 Å². The Morgan fingerprint density at radius 2 is 2.00 bits per heavy atom. The average molecular weight is 329 g/mol. The number of rotatable bonds is 8. The topological polar surface area (TPSA) is 71.5 Å². The summed E-state index contributed by atoms with van der Waals surface area (Å²) in [6, 6.07) is 7.77. The molecule has 1 aliphatic heterocycles. The van der Waals surface area contributed by atoms with Crippen LogP contribution in [0.4, 0.5) is 11.8 Å². The fraction of sp³-hybridized carbons (Fsp3) is 0.412. The second kappa shape index (κ2) is 7.83. The zero-order chi connectivity index (χ0) is 16.8. The second-order valence-corrected chi connectivity index (χ2v) is 5.89. The van der Waals surface area contributed by atoms with Crippen molar-refractivity contribution in [1.29, 1.82) is 0 Å². The van der Waals surface area contributed by atoms with Crippen LogP contribution in [0, 0.1) is 0 Å². The summed E-state index contributed by atoms with van der Waals surface area (Å²) in [6.45, 7) is 2.85. The lowest BCUT2D eigenvalue weighted by molar-refractivity contribution is 0.174. The molecule has 24 heavy (non-hydrogen) atoms. The van der Waals surface area contributed by atoms with E-state index in [9.17, 15) is 0 Å². The molecule has 0 amide bonds. The number of anilines is 2. The first kappa shape index (κ1) is 16.3.